The quantitative estimate of drug-likeness (QED) is 0.845. The molecule has 0 aliphatic heterocycles. The Morgan fingerprint density at radius 2 is 1.86 bits per heavy atom. The second-order valence-electron chi connectivity index (χ2n) is 6.77. The van der Waals surface area contributed by atoms with Gasteiger partial charge in [-0.1, -0.05) is 25.3 Å². The molecule has 1 aromatic rings. The topological polar surface area (TPSA) is 46.3 Å². The Balaban J connectivity index is 0.00000176. The van der Waals surface area contributed by atoms with Crippen LogP contribution in [-0.2, 0) is 0 Å². The highest BCUT2D eigenvalue weighted by Crippen LogP contribution is 2.33. The number of nitrogens with two attached hydrogens (primary N) is 1. The minimum atomic E-state index is 0. The fraction of sp³-hybridized carbons (Fsp3) is 0.611. The number of nitrogen functional groups attached to an aromatic ring is 1. The fourth-order valence-corrected chi connectivity index (χ4v) is 3.39. The molecular formula is C18H27ClN2O. The molecule has 0 bridgehead atoms. The molecule has 2 aliphatic rings. The first-order valence-corrected chi connectivity index (χ1v) is 8.32. The molecule has 1 aromatic carbocycles. The molecule has 2 saturated carbocycles. The van der Waals surface area contributed by atoms with Gasteiger partial charge in [-0.3, -0.25) is 4.79 Å². The molecule has 22 heavy (non-hydrogen) atoms. The molecular weight excluding hydrogens is 296 g/mol. The zero-order valence-corrected chi connectivity index (χ0v) is 14.2. The number of nitrogens with zero attached hydrogens (tertiary/aromatic N) is 1. The van der Waals surface area contributed by atoms with E-state index < -0.39 is 0 Å². The van der Waals surface area contributed by atoms with E-state index in [1.807, 2.05) is 25.1 Å². The molecule has 2 N–H and O–H groups in total. The lowest BCUT2D eigenvalue weighted by Crippen LogP contribution is -2.43. The van der Waals surface area contributed by atoms with Crippen molar-refractivity contribution in [3.8, 4) is 0 Å². The number of hydrogen-bond acceptors (Lipinski definition) is 2. The van der Waals surface area contributed by atoms with Crippen molar-refractivity contribution >= 4 is 24.0 Å². The maximum absolute atomic E-state index is 13.1. The average molecular weight is 323 g/mol. The molecule has 3 nitrogen and oxygen atoms in total. The molecule has 1 amide bonds. The summed E-state index contributed by atoms with van der Waals surface area (Å²) in [5.74, 6) is 0.927. The van der Waals surface area contributed by atoms with E-state index in [0.717, 1.165) is 23.6 Å². The van der Waals surface area contributed by atoms with E-state index in [9.17, 15) is 4.79 Å². The highest BCUT2D eigenvalue weighted by atomic mass is 35.5. The van der Waals surface area contributed by atoms with Crippen molar-refractivity contribution in [3.05, 3.63) is 29.3 Å². The molecule has 2 aliphatic carbocycles. The van der Waals surface area contributed by atoms with Gasteiger partial charge in [-0.15, -0.1) is 12.4 Å². The van der Waals surface area contributed by atoms with Crippen molar-refractivity contribution in [2.75, 3.05) is 12.3 Å². The molecule has 0 aromatic heterocycles. The number of anilines is 1. The molecule has 0 radical (unpaired) electrons. The minimum absolute atomic E-state index is 0. The summed E-state index contributed by atoms with van der Waals surface area (Å²) in [6, 6.07) is 6.12. The van der Waals surface area contributed by atoms with E-state index in [4.69, 9.17) is 5.73 Å². The third-order valence-electron chi connectivity index (χ3n) is 4.92. The summed E-state index contributed by atoms with van der Waals surface area (Å²) < 4.78 is 0. The largest absolute Gasteiger partial charge is 0.399 e. The maximum Gasteiger partial charge on any atom is 0.254 e. The summed E-state index contributed by atoms with van der Waals surface area (Å²) in [5.41, 5.74) is 8.39. The number of amides is 1. The van der Waals surface area contributed by atoms with Crippen LogP contribution in [0.4, 0.5) is 5.69 Å². The molecule has 0 unspecified atom stereocenters. The van der Waals surface area contributed by atoms with Crippen LogP contribution in [0.1, 0.15) is 60.9 Å². The summed E-state index contributed by atoms with van der Waals surface area (Å²) in [4.78, 5) is 15.2. The summed E-state index contributed by atoms with van der Waals surface area (Å²) in [7, 11) is 0. The van der Waals surface area contributed by atoms with E-state index in [1.165, 1.54) is 44.9 Å². The molecule has 0 spiro atoms. The van der Waals surface area contributed by atoms with Gasteiger partial charge in [-0.25, -0.2) is 0 Å². The Hall–Kier alpha value is -1.22. The monoisotopic (exact) mass is 322 g/mol. The van der Waals surface area contributed by atoms with Crippen LogP contribution < -0.4 is 5.73 Å². The Morgan fingerprint density at radius 1 is 1.18 bits per heavy atom. The number of carbonyl (C=O) groups is 1. The van der Waals surface area contributed by atoms with Gasteiger partial charge in [0.2, 0.25) is 0 Å². The first kappa shape index (κ1) is 17.1. The van der Waals surface area contributed by atoms with Gasteiger partial charge in [0.25, 0.3) is 5.91 Å². The van der Waals surface area contributed by atoms with Gasteiger partial charge < -0.3 is 10.6 Å². The second kappa shape index (κ2) is 7.36. The van der Waals surface area contributed by atoms with Crippen LogP contribution in [0.15, 0.2) is 18.2 Å². The molecule has 0 heterocycles. The highest BCUT2D eigenvalue weighted by Gasteiger charge is 2.32. The van der Waals surface area contributed by atoms with Crippen molar-refractivity contribution in [1.82, 2.24) is 4.90 Å². The van der Waals surface area contributed by atoms with Gasteiger partial charge in [0.15, 0.2) is 0 Å². The molecule has 3 rings (SSSR count). The van der Waals surface area contributed by atoms with Crippen LogP contribution >= 0.6 is 12.4 Å². The number of hydrogen-bond donors (Lipinski definition) is 1. The second-order valence-corrected chi connectivity index (χ2v) is 6.77. The van der Waals surface area contributed by atoms with E-state index in [1.54, 1.807) is 0 Å². The lowest BCUT2D eigenvalue weighted by atomic mass is 9.93. The van der Waals surface area contributed by atoms with Crippen molar-refractivity contribution in [2.45, 2.75) is 57.9 Å². The third kappa shape index (κ3) is 3.95. The molecule has 0 atom stereocenters. The number of rotatable bonds is 4. The lowest BCUT2D eigenvalue weighted by Gasteiger charge is -2.35. The van der Waals surface area contributed by atoms with Crippen molar-refractivity contribution in [3.63, 3.8) is 0 Å². The number of carbonyl (C=O) groups excluding carboxylic acids is 1. The minimum Gasteiger partial charge on any atom is -0.399 e. The number of aryl methyl sites for hydroxylation is 1. The van der Waals surface area contributed by atoms with Crippen molar-refractivity contribution in [1.29, 1.82) is 0 Å². The summed E-state index contributed by atoms with van der Waals surface area (Å²) in [6.45, 7) is 2.95. The normalized spacial score (nSPS) is 18.6. The first-order valence-electron chi connectivity index (χ1n) is 8.32. The maximum atomic E-state index is 13.1. The standard InChI is InChI=1S/C18H26N2O.ClH/c1-13-7-10-15(19)11-17(13)18(21)20(12-14-8-9-14)16-5-3-2-4-6-16;/h7,10-11,14,16H,2-6,8-9,12,19H2,1H3;1H. The van der Waals surface area contributed by atoms with Gasteiger partial charge in [0.1, 0.15) is 0 Å². The predicted octanol–water partition coefficient (Wildman–Crippen LogP) is 4.18. The van der Waals surface area contributed by atoms with E-state index in [0.29, 0.717) is 11.7 Å². The Labute approximate surface area is 139 Å². The van der Waals surface area contributed by atoms with E-state index in [-0.39, 0.29) is 18.3 Å². The van der Waals surface area contributed by atoms with Crippen molar-refractivity contribution in [2.24, 2.45) is 5.92 Å². The number of benzene rings is 1. The summed E-state index contributed by atoms with van der Waals surface area (Å²) >= 11 is 0. The average Bonchev–Trinajstić information content (AvgIpc) is 3.32. The molecule has 122 valence electrons. The van der Waals surface area contributed by atoms with Crippen LogP contribution in [0.5, 0.6) is 0 Å². The van der Waals surface area contributed by atoms with Crippen molar-refractivity contribution < 1.29 is 4.79 Å². The van der Waals surface area contributed by atoms with Gasteiger partial charge in [0, 0.05) is 23.8 Å². The SMILES string of the molecule is Cc1ccc(N)cc1C(=O)N(CC1CC1)C1CCCCC1.Cl. The zero-order chi connectivity index (χ0) is 14.8. The molecule has 2 fully saturated rings. The van der Waals surface area contributed by atoms with Gasteiger partial charge in [-0.2, -0.15) is 0 Å². The summed E-state index contributed by atoms with van der Waals surface area (Å²) in [6.07, 6.45) is 8.74. The van der Waals surface area contributed by atoms with E-state index >= 15 is 0 Å². The highest BCUT2D eigenvalue weighted by molar-refractivity contribution is 5.96. The Kier molecular flexibility index (Phi) is 5.74. The van der Waals surface area contributed by atoms with Crippen LogP contribution in [0.2, 0.25) is 0 Å². The smallest absolute Gasteiger partial charge is 0.254 e. The summed E-state index contributed by atoms with van der Waals surface area (Å²) in [5, 5.41) is 0. The van der Waals surface area contributed by atoms with Crippen LogP contribution in [0.25, 0.3) is 0 Å². The zero-order valence-electron chi connectivity index (χ0n) is 13.4. The molecule has 0 saturated heterocycles. The first-order chi connectivity index (χ1) is 10.1. The van der Waals surface area contributed by atoms with Gasteiger partial charge in [0.05, 0.1) is 0 Å². The predicted molar refractivity (Wildman–Crippen MR) is 93.5 cm³/mol. The van der Waals surface area contributed by atoms with Crippen LogP contribution in [-0.4, -0.2) is 23.4 Å². The number of halogens is 1. The fourth-order valence-electron chi connectivity index (χ4n) is 3.39. The van der Waals surface area contributed by atoms with E-state index in [2.05, 4.69) is 4.90 Å². The Bertz CT molecular complexity index is 522. The lowest BCUT2D eigenvalue weighted by molar-refractivity contribution is 0.0621. The van der Waals surface area contributed by atoms with Gasteiger partial charge in [-0.05, 0) is 56.2 Å². The van der Waals surface area contributed by atoms with Crippen LogP contribution in [0.3, 0.4) is 0 Å². The van der Waals surface area contributed by atoms with Gasteiger partial charge >= 0.3 is 0 Å². The van der Waals surface area contributed by atoms with Crippen LogP contribution in [0, 0.1) is 12.8 Å². The Morgan fingerprint density at radius 3 is 2.50 bits per heavy atom. The third-order valence-corrected chi connectivity index (χ3v) is 4.92. The molecule has 4 heteroatoms.